The molecule has 6 heteroatoms. The number of aromatic nitrogens is 3. The third kappa shape index (κ3) is 3.12. The minimum Gasteiger partial charge on any atom is -0.364 e. The van der Waals surface area contributed by atoms with Gasteiger partial charge in [-0.3, -0.25) is 0 Å². The molecule has 1 aromatic carbocycles. The van der Waals surface area contributed by atoms with E-state index in [2.05, 4.69) is 10.5 Å². The lowest BCUT2D eigenvalue weighted by molar-refractivity contribution is 0.412. The zero-order chi connectivity index (χ0) is 16.4. The quantitative estimate of drug-likeness (QED) is 0.768. The van der Waals surface area contributed by atoms with Crippen molar-refractivity contribution in [2.45, 2.75) is 32.2 Å². The van der Waals surface area contributed by atoms with Crippen LogP contribution in [0.5, 0.6) is 0 Å². The highest BCUT2D eigenvalue weighted by Crippen LogP contribution is 2.29. The Morgan fingerprint density at radius 3 is 2.88 bits per heavy atom. The highest BCUT2D eigenvalue weighted by atomic mass is 35.5. The molecular formula is C18H17ClN4O. The Kier molecular flexibility index (Phi) is 4.17. The van der Waals surface area contributed by atoms with E-state index in [-0.39, 0.29) is 0 Å². The first kappa shape index (κ1) is 15.1. The van der Waals surface area contributed by atoms with Gasteiger partial charge >= 0.3 is 0 Å². The molecule has 1 aliphatic rings. The molecule has 0 fully saturated rings. The number of halogens is 1. The third-order valence-corrected chi connectivity index (χ3v) is 4.43. The molecule has 0 spiro atoms. The van der Waals surface area contributed by atoms with Gasteiger partial charge in [-0.05, 0) is 37.8 Å². The number of benzene rings is 1. The Labute approximate surface area is 145 Å². The van der Waals surface area contributed by atoms with E-state index in [0.29, 0.717) is 17.4 Å². The summed E-state index contributed by atoms with van der Waals surface area (Å²) in [6, 6.07) is 9.50. The monoisotopic (exact) mass is 340 g/mol. The summed E-state index contributed by atoms with van der Waals surface area (Å²) < 4.78 is 4.88. The molecular weight excluding hydrogens is 324 g/mol. The van der Waals surface area contributed by atoms with Crippen molar-refractivity contribution >= 4 is 17.4 Å². The topological polar surface area (TPSA) is 63.8 Å². The van der Waals surface area contributed by atoms with Crippen LogP contribution in [0.4, 0.5) is 5.82 Å². The van der Waals surface area contributed by atoms with Crippen molar-refractivity contribution in [2.75, 3.05) is 5.32 Å². The molecule has 4 rings (SSSR count). The molecule has 0 amide bonds. The molecule has 0 saturated heterocycles. The number of anilines is 1. The van der Waals surface area contributed by atoms with Crippen LogP contribution in [0, 0.1) is 0 Å². The van der Waals surface area contributed by atoms with E-state index in [1.165, 1.54) is 18.4 Å². The molecule has 2 heterocycles. The number of aryl methyl sites for hydroxylation is 1. The highest BCUT2D eigenvalue weighted by Gasteiger charge is 2.18. The number of nitrogens with zero attached hydrogens (tertiary/aromatic N) is 3. The molecule has 0 radical (unpaired) electrons. The number of fused-ring (bicyclic) bond motifs is 1. The number of hydrogen-bond acceptors (Lipinski definition) is 5. The van der Waals surface area contributed by atoms with Crippen LogP contribution in [-0.4, -0.2) is 15.1 Å². The first-order valence-corrected chi connectivity index (χ1v) is 8.46. The molecule has 1 N–H and O–H groups in total. The van der Waals surface area contributed by atoms with E-state index >= 15 is 0 Å². The molecule has 2 aromatic heterocycles. The zero-order valence-electron chi connectivity index (χ0n) is 13.1. The van der Waals surface area contributed by atoms with Crippen LogP contribution in [0.3, 0.4) is 0 Å². The number of nitrogens with one attached hydrogen (secondary N) is 1. The predicted molar refractivity (Wildman–Crippen MR) is 92.9 cm³/mol. The van der Waals surface area contributed by atoms with Gasteiger partial charge in [0.1, 0.15) is 17.8 Å². The van der Waals surface area contributed by atoms with Crippen molar-refractivity contribution in [3.05, 3.63) is 58.6 Å². The minimum absolute atomic E-state index is 0.578. The molecule has 122 valence electrons. The van der Waals surface area contributed by atoms with Gasteiger partial charge in [0.25, 0.3) is 0 Å². The molecule has 0 saturated carbocycles. The maximum atomic E-state index is 6.12. The van der Waals surface area contributed by atoms with Crippen molar-refractivity contribution in [3.8, 4) is 11.4 Å². The summed E-state index contributed by atoms with van der Waals surface area (Å²) in [6.07, 6.45) is 5.91. The van der Waals surface area contributed by atoms with Crippen molar-refractivity contribution in [1.29, 1.82) is 0 Å². The molecule has 1 aliphatic carbocycles. The lowest BCUT2D eigenvalue weighted by atomic mass is 9.96. The lowest BCUT2D eigenvalue weighted by Gasteiger charge is -2.19. The lowest BCUT2D eigenvalue weighted by Crippen LogP contribution is -2.13. The smallest absolute Gasteiger partial charge is 0.161 e. The largest absolute Gasteiger partial charge is 0.364 e. The summed E-state index contributed by atoms with van der Waals surface area (Å²) in [6.45, 7) is 0.578. The van der Waals surface area contributed by atoms with Gasteiger partial charge in [-0.2, -0.15) is 0 Å². The molecule has 0 atom stereocenters. The summed E-state index contributed by atoms with van der Waals surface area (Å²) in [5.74, 6) is 1.60. The number of hydrogen-bond donors (Lipinski definition) is 1. The molecule has 0 aliphatic heterocycles. The van der Waals surface area contributed by atoms with Crippen LogP contribution in [-0.2, 0) is 19.4 Å². The predicted octanol–water partition coefficient (Wildman–Crippen LogP) is 4.28. The number of rotatable bonds is 4. The molecule has 24 heavy (non-hydrogen) atoms. The van der Waals surface area contributed by atoms with Gasteiger partial charge in [0.15, 0.2) is 5.82 Å². The molecule has 3 aromatic rings. The minimum atomic E-state index is 0.578. The van der Waals surface area contributed by atoms with Crippen LogP contribution >= 0.6 is 11.6 Å². The van der Waals surface area contributed by atoms with Crippen LogP contribution in [0.2, 0.25) is 5.02 Å². The molecule has 0 bridgehead atoms. The van der Waals surface area contributed by atoms with Crippen molar-refractivity contribution < 1.29 is 4.52 Å². The van der Waals surface area contributed by atoms with Gasteiger partial charge in [0.05, 0.1) is 6.54 Å². The maximum absolute atomic E-state index is 6.12. The van der Waals surface area contributed by atoms with Crippen molar-refractivity contribution in [3.63, 3.8) is 0 Å². The normalized spacial score (nSPS) is 13.5. The van der Waals surface area contributed by atoms with Crippen LogP contribution in [0.1, 0.15) is 29.8 Å². The van der Waals surface area contributed by atoms with E-state index < -0.39 is 0 Å². The second-order valence-corrected chi connectivity index (χ2v) is 6.32. The standard InChI is InChI=1S/C18H17ClN4O/c19-13-5-3-4-12(10-13)17-21-16-7-2-1-6-15(16)18(22-17)20-11-14-8-9-24-23-14/h3-5,8-10H,1-2,6-7,11H2,(H,20,21,22). The average molecular weight is 341 g/mol. The van der Waals surface area contributed by atoms with E-state index in [4.69, 9.17) is 26.1 Å². The Morgan fingerprint density at radius 2 is 2.04 bits per heavy atom. The van der Waals surface area contributed by atoms with E-state index in [1.807, 2.05) is 30.3 Å². The fraction of sp³-hybridized carbons (Fsp3) is 0.278. The Balaban J connectivity index is 1.71. The maximum Gasteiger partial charge on any atom is 0.161 e. The van der Waals surface area contributed by atoms with Crippen molar-refractivity contribution in [1.82, 2.24) is 15.1 Å². The van der Waals surface area contributed by atoms with E-state index in [1.54, 1.807) is 6.26 Å². The summed E-state index contributed by atoms with van der Waals surface area (Å²) in [7, 11) is 0. The Hall–Kier alpha value is -2.40. The third-order valence-electron chi connectivity index (χ3n) is 4.19. The van der Waals surface area contributed by atoms with Crippen LogP contribution in [0.15, 0.2) is 41.1 Å². The van der Waals surface area contributed by atoms with Gasteiger partial charge in [-0.25, -0.2) is 9.97 Å². The van der Waals surface area contributed by atoms with E-state index in [0.717, 1.165) is 35.6 Å². The zero-order valence-corrected chi connectivity index (χ0v) is 13.9. The van der Waals surface area contributed by atoms with Gasteiger partial charge in [0.2, 0.25) is 0 Å². The summed E-state index contributed by atoms with van der Waals surface area (Å²) >= 11 is 6.12. The van der Waals surface area contributed by atoms with Crippen LogP contribution < -0.4 is 5.32 Å². The first-order valence-electron chi connectivity index (χ1n) is 8.08. The molecule has 0 unspecified atom stereocenters. The summed E-state index contributed by atoms with van der Waals surface area (Å²) in [4.78, 5) is 9.54. The Bertz CT molecular complexity index is 848. The first-order chi connectivity index (χ1) is 11.8. The second kappa shape index (κ2) is 6.61. The summed E-state index contributed by atoms with van der Waals surface area (Å²) in [5, 5.41) is 8.02. The van der Waals surface area contributed by atoms with Gasteiger partial charge in [-0.1, -0.05) is 28.9 Å². The highest BCUT2D eigenvalue weighted by molar-refractivity contribution is 6.30. The summed E-state index contributed by atoms with van der Waals surface area (Å²) in [5.41, 5.74) is 4.13. The fourth-order valence-corrected chi connectivity index (χ4v) is 3.19. The van der Waals surface area contributed by atoms with Crippen LogP contribution in [0.25, 0.3) is 11.4 Å². The van der Waals surface area contributed by atoms with Gasteiger partial charge < -0.3 is 9.84 Å². The van der Waals surface area contributed by atoms with Gasteiger partial charge in [0, 0.05) is 27.9 Å². The second-order valence-electron chi connectivity index (χ2n) is 5.88. The average Bonchev–Trinajstić information content (AvgIpc) is 3.13. The SMILES string of the molecule is Clc1cccc(-c2nc3c(c(NCc4ccon4)n2)CCCC3)c1. The Morgan fingerprint density at radius 1 is 1.12 bits per heavy atom. The fourth-order valence-electron chi connectivity index (χ4n) is 3.00. The van der Waals surface area contributed by atoms with E-state index in [9.17, 15) is 0 Å². The van der Waals surface area contributed by atoms with Gasteiger partial charge in [-0.15, -0.1) is 0 Å². The van der Waals surface area contributed by atoms with Crippen molar-refractivity contribution in [2.24, 2.45) is 0 Å². The molecule has 5 nitrogen and oxygen atoms in total.